The number of carbonyl (C=O) groups excluding carboxylic acids is 1. The molecule has 1 N–H and O–H groups in total. The smallest absolute Gasteiger partial charge is 0.262 e. The Hall–Kier alpha value is -3.63. The average Bonchev–Trinajstić information content (AvgIpc) is 2.81. The predicted molar refractivity (Wildman–Crippen MR) is 137 cm³/mol. The lowest BCUT2D eigenvalue weighted by Gasteiger charge is -2.12. The molecule has 0 aliphatic carbocycles. The van der Waals surface area contributed by atoms with Crippen LogP contribution in [0.5, 0.6) is 5.75 Å². The Balaban J connectivity index is 1.57. The van der Waals surface area contributed by atoms with Crippen LogP contribution < -0.4 is 10.1 Å². The summed E-state index contributed by atoms with van der Waals surface area (Å²) in [5.41, 5.74) is 5.70. The van der Waals surface area contributed by atoms with Gasteiger partial charge in [0.05, 0.1) is 5.69 Å². The number of nitrogens with zero attached hydrogens (tertiary/aromatic N) is 1. The van der Waals surface area contributed by atoms with E-state index in [0.717, 1.165) is 27.6 Å². The molecule has 4 rings (SSSR count). The van der Waals surface area contributed by atoms with E-state index in [1.165, 1.54) is 11.1 Å². The van der Waals surface area contributed by atoms with Crippen molar-refractivity contribution in [2.75, 3.05) is 11.9 Å². The van der Waals surface area contributed by atoms with Gasteiger partial charge in [-0.1, -0.05) is 54.1 Å². The Morgan fingerprint density at radius 1 is 0.939 bits per heavy atom. The number of rotatable bonds is 6. The van der Waals surface area contributed by atoms with Crippen molar-refractivity contribution < 1.29 is 9.53 Å². The normalized spacial score (nSPS) is 11.2. The molecular formula is C28H25ClN2O2. The first-order valence-corrected chi connectivity index (χ1v) is 11.1. The van der Waals surface area contributed by atoms with Crippen molar-refractivity contribution in [3.05, 3.63) is 100 Å². The Morgan fingerprint density at radius 3 is 2.52 bits per heavy atom. The van der Waals surface area contributed by atoms with Crippen molar-refractivity contribution in [1.82, 2.24) is 0 Å². The number of carbonyl (C=O) groups is 1. The maximum atomic E-state index is 12.5. The molecule has 4 nitrogen and oxygen atoms in total. The number of hydrogen-bond acceptors (Lipinski definition) is 3. The highest BCUT2D eigenvalue weighted by molar-refractivity contribution is 6.31. The summed E-state index contributed by atoms with van der Waals surface area (Å²) in [6.07, 6.45) is 1.80. The molecule has 0 radical (unpaired) electrons. The van der Waals surface area contributed by atoms with E-state index in [0.29, 0.717) is 16.5 Å². The van der Waals surface area contributed by atoms with Crippen LogP contribution in [0.1, 0.15) is 22.3 Å². The van der Waals surface area contributed by atoms with E-state index in [9.17, 15) is 4.79 Å². The molecule has 0 saturated carbocycles. The largest absolute Gasteiger partial charge is 0.483 e. The molecule has 0 aromatic heterocycles. The maximum absolute atomic E-state index is 12.5. The van der Waals surface area contributed by atoms with Crippen molar-refractivity contribution >= 4 is 45.9 Å². The lowest BCUT2D eigenvalue weighted by Crippen LogP contribution is -2.20. The third kappa shape index (κ3) is 5.41. The Morgan fingerprint density at radius 2 is 1.73 bits per heavy atom. The number of aliphatic imine (C=N–C) groups is 1. The standard InChI is InChI=1S/C28H25ClN2O2/c1-18-8-11-22(14-20(18)3)30-16-25-24-7-5-4-6-21(24)10-13-27(25)33-17-28(32)31-23-12-9-19(2)26(29)15-23/h4-16H,17H2,1-3H3,(H,31,32). The third-order valence-corrected chi connectivity index (χ3v) is 5.99. The Bertz CT molecular complexity index is 1360. The van der Waals surface area contributed by atoms with Crippen LogP contribution in [0.25, 0.3) is 10.8 Å². The molecule has 33 heavy (non-hydrogen) atoms. The van der Waals surface area contributed by atoms with Crippen molar-refractivity contribution in [3.63, 3.8) is 0 Å². The minimum Gasteiger partial charge on any atom is -0.483 e. The van der Waals surface area contributed by atoms with Crippen LogP contribution in [0.3, 0.4) is 0 Å². The molecule has 1 amide bonds. The fourth-order valence-electron chi connectivity index (χ4n) is 3.49. The fourth-order valence-corrected chi connectivity index (χ4v) is 3.67. The summed E-state index contributed by atoms with van der Waals surface area (Å²) >= 11 is 6.15. The van der Waals surface area contributed by atoms with E-state index in [1.807, 2.05) is 61.5 Å². The van der Waals surface area contributed by atoms with Gasteiger partial charge < -0.3 is 10.1 Å². The van der Waals surface area contributed by atoms with Gasteiger partial charge >= 0.3 is 0 Å². The molecule has 5 heteroatoms. The second-order valence-electron chi connectivity index (χ2n) is 8.03. The van der Waals surface area contributed by atoms with Crippen molar-refractivity contribution in [2.24, 2.45) is 4.99 Å². The van der Waals surface area contributed by atoms with Gasteiger partial charge in [0, 0.05) is 22.5 Å². The minimum absolute atomic E-state index is 0.131. The Kier molecular flexibility index (Phi) is 6.76. The number of fused-ring (bicyclic) bond motifs is 1. The molecule has 0 aliphatic rings. The zero-order valence-electron chi connectivity index (χ0n) is 18.9. The fraction of sp³-hybridized carbons (Fsp3) is 0.143. The third-order valence-electron chi connectivity index (χ3n) is 5.58. The summed E-state index contributed by atoms with van der Waals surface area (Å²) in [4.78, 5) is 17.2. The van der Waals surface area contributed by atoms with Crippen LogP contribution in [0.2, 0.25) is 5.02 Å². The van der Waals surface area contributed by atoms with Gasteiger partial charge in [0.1, 0.15) is 5.75 Å². The number of benzene rings is 4. The number of nitrogens with one attached hydrogen (secondary N) is 1. The SMILES string of the molecule is Cc1ccc(N=Cc2c(OCC(=O)Nc3ccc(C)c(Cl)c3)ccc3ccccc23)cc1C. The number of hydrogen-bond donors (Lipinski definition) is 1. The van der Waals surface area contributed by atoms with E-state index in [-0.39, 0.29) is 12.5 Å². The summed E-state index contributed by atoms with van der Waals surface area (Å²) in [6.45, 7) is 5.93. The zero-order chi connectivity index (χ0) is 23.4. The van der Waals surface area contributed by atoms with Gasteiger partial charge in [-0.3, -0.25) is 9.79 Å². The monoisotopic (exact) mass is 456 g/mol. The second-order valence-corrected chi connectivity index (χ2v) is 8.43. The van der Waals surface area contributed by atoms with Gasteiger partial charge in [0.15, 0.2) is 6.61 Å². The molecule has 4 aromatic rings. The maximum Gasteiger partial charge on any atom is 0.262 e. The van der Waals surface area contributed by atoms with Gasteiger partial charge in [0.2, 0.25) is 0 Å². The highest BCUT2D eigenvalue weighted by Gasteiger charge is 2.11. The van der Waals surface area contributed by atoms with Crippen LogP contribution in [0.15, 0.2) is 77.8 Å². The van der Waals surface area contributed by atoms with Crippen molar-refractivity contribution in [2.45, 2.75) is 20.8 Å². The second kappa shape index (κ2) is 9.88. The minimum atomic E-state index is -0.264. The summed E-state index contributed by atoms with van der Waals surface area (Å²) in [5.74, 6) is 0.332. The summed E-state index contributed by atoms with van der Waals surface area (Å²) < 4.78 is 5.93. The first-order valence-electron chi connectivity index (χ1n) is 10.7. The molecule has 0 saturated heterocycles. The predicted octanol–water partition coefficient (Wildman–Crippen LogP) is 7.19. The quantitative estimate of drug-likeness (QED) is 0.312. The van der Waals surface area contributed by atoms with Gasteiger partial charge in [-0.2, -0.15) is 0 Å². The number of anilines is 1. The van der Waals surface area contributed by atoms with Crippen LogP contribution in [0, 0.1) is 20.8 Å². The van der Waals surface area contributed by atoms with Gasteiger partial charge in [-0.05, 0) is 78.6 Å². The lowest BCUT2D eigenvalue weighted by atomic mass is 10.0. The molecule has 0 atom stereocenters. The van der Waals surface area contributed by atoms with E-state index in [4.69, 9.17) is 16.3 Å². The highest BCUT2D eigenvalue weighted by Crippen LogP contribution is 2.28. The van der Waals surface area contributed by atoms with Gasteiger partial charge in [-0.25, -0.2) is 0 Å². The van der Waals surface area contributed by atoms with E-state index in [2.05, 4.69) is 36.3 Å². The molecule has 166 valence electrons. The topological polar surface area (TPSA) is 50.7 Å². The molecule has 0 unspecified atom stereocenters. The Labute approximate surface area is 198 Å². The van der Waals surface area contributed by atoms with Gasteiger partial charge in [-0.15, -0.1) is 0 Å². The summed E-state index contributed by atoms with van der Waals surface area (Å²) in [5, 5.41) is 5.51. The van der Waals surface area contributed by atoms with Gasteiger partial charge in [0.25, 0.3) is 5.91 Å². The molecule has 0 bridgehead atoms. The van der Waals surface area contributed by atoms with Crippen LogP contribution in [0.4, 0.5) is 11.4 Å². The van der Waals surface area contributed by atoms with Crippen molar-refractivity contribution in [1.29, 1.82) is 0 Å². The first-order chi connectivity index (χ1) is 15.9. The molecule has 4 aromatic carbocycles. The van der Waals surface area contributed by atoms with Crippen molar-refractivity contribution in [3.8, 4) is 5.75 Å². The molecular weight excluding hydrogens is 432 g/mol. The summed E-state index contributed by atoms with van der Waals surface area (Å²) in [7, 11) is 0. The van der Waals surface area contributed by atoms with Crippen LogP contribution >= 0.6 is 11.6 Å². The van der Waals surface area contributed by atoms with E-state index in [1.54, 1.807) is 12.3 Å². The molecule has 0 heterocycles. The number of halogens is 1. The van der Waals surface area contributed by atoms with Crippen LogP contribution in [-0.4, -0.2) is 18.7 Å². The summed E-state index contributed by atoms with van der Waals surface area (Å²) in [6, 6.07) is 23.4. The van der Waals surface area contributed by atoms with Crippen LogP contribution in [-0.2, 0) is 4.79 Å². The van der Waals surface area contributed by atoms with E-state index < -0.39 is 0 Å². The number of aryl methyl sites for hydroxylation is 3. The molecule has 0 aliphatic heterocycles. The zero-order valence-corrected chi connectivity index (χ0v) is 19.6. The molecule has 0 fully saturated rings. The first kappa shape index (κ1) is 22.6. The lowest BCUT2D eigenvalue weighted by molar-refractivity contribution is -0.118. The van der Waals surface area contributed by atoms with E-state index >= 15 is 0 Å². The molecule has 0 spiro atoms. The number of amides is 1. The highest BCUT2D eigenvalue weighted by atomic mass is 35.5. The average molecular weight is 457 g/mol. The number of ether oxygens (including phenoxy) is 1.